The lowest BCUT2D eigenvalue weighted by molar-refractivity contribution is 0.768. The third-order valence-corrected chi connectivity index (χ3v) is 17.0. The van der Waals surface area contributed by atoms with Crippen LogP contribution in [0.1, 0.15) is 55.6 Å². The molecule has 1 heterocycles. The van der Waals surface area contributed by atoms with Gasteiger partial charge in [0.05, 0.1) is 21.9 Å². The molecule has 0 saturated heterocycles. The van der Waals surface area contributed by atoms with E-state index in [0.717, 1.165) is 42.7 Å². The molecule has 0 aliphatic heterocycles. The van der Waals surface area contributed by atoms with Crippen LogP contribution in [0.2, 0.25) is 0 Å². The van der Waals surface area contributed by atoms with Crippen LogP contribution in [-0.4, -0.2) is 4.57 Å². The molecule has 1 aromatic heterocycles. The van der Waals surface area contributed by atoms with Crippen molar-refractivity contribution in [1.82, 2.24) is 4.57 Å². The Kier molecular flexibility index (Phi) is 10.4. The molecular formula is C70H48Br2N2. The van der Waals surface area contributed by atoms with Crippen molar-refractivity contribution in [1.29, 1.82) is 0 Å². The summed E-state index contributed by atoms with van der Waals surface area (Å²) in [5, 5.41) is 2.40. The van der Waals surface area contributed by atoms with Gasteiger partial charge < -0.3 is 9.47 Å². The lowest BCUT2D eigenvalue weighted by atomic mass is 9.67. The molecule has 0 spiro atoms. The number of anilines is 3. The minimum Gasteiger partial charge on any atom is -0.311 e. The SMILES string of the molecule is Cc1ccc(N(c2ccc(C)cc2)c2ccc(-n3c4ccc(C5(c6cccc(Br)c6)c6ccccc6-c6ccccc65)cc4c4cc(C5(c6cccc(Br)c6)c6ccccc6-c6ccccc65)ccc43)cc2)cc1. The van der Waals surface area contributed by atoms with Crippen molar-refractivity contribution in [3.8, 4) is 27.9 Å². The van der Waals surface area contributed by atoms with Crippen LogP contribution in [0.3, 0.4) is 0 Å². The highest BCUT2D eigenvalue weighted by atomic mass is 79.9. The van der Waals surface area contributed by atoms with Gasteiger partial charge in [-0.2, -0.15) is 0 Å². The normalized spacial score (nSPS) is 13.6. The van der Waals surface area contributed by atoms with E-state index in [2.05, 4.69) is 310 Å². The molecule has 0 radical (unpaired) electrons. The molecule has 2 nitrogen and oxygen atoms in total. The Morgan fingerprint density at radius 3 is 1.03 bits per heavy atom. The second kappa shape index (κ2) is 17.3. The molecule has 2 aliphatic rings. The number of aromatic nitrogens is 1. The maximum Gasteiger partial charge on any atom is 0.0714 e. The molecule has 0 unspecified atom stereocenters. The van der Waals surface area contributed by atoms with Crippen molar-refractivity contribution in [2.75, 3.05) is 4.90 Å². The molecule has 74 heavy (non-hydrogen) atoms. The van der Waals surface area contributed by atoms with Crippen LogP contribution in [0.25, 0.3) is 49.7 Å². The Labute approximate surface area is 449 Å². The first-order chi connectivity index (χ1) is 36.3. The number of rotatable bonds is 8. The van der Waals surface area contributed by atoms with Crippen molar-refractivity contribution in [3.05, 3.63) is 319 Å². The van der Waals surface area contributed by atoms with Crippen molar-refractivity contribution in [2.45, 2.75) is 24.7 Å². The summed E-state index contributed by atoms with van der Waals surface area (Å²) in [4.78, 5) is 2.35. The molecule has 0 amide bonds. The third kappa shape index (κ3) is 6.61. The molecule has 0 bridgehead atoms. The first-order valence-corrected chi connectivity index (χ1v) is 26.9. The summed E-state index contributed by atoms with van der Waals surface area (Å²) in [5.74, 6) is 0. The van der Waals surface area contributed by atoms with E-state index in [4.69, 9.17) is 0 Å². The summed E-state index contributed by atoms with van der Waals surface area (Å²) in [5.41, 5.74) is 23.2. The standard InChI is InChI=1S/C70H48Br2N2/c1-45-25-31-53(32-26-45)73(54-33-27-46(2)28-34-54)55-35-37-56(38-36-55)74-67-39-29-49(69(47-13-11-15-51(71)41-47)63-21-7-3-17-57(63)58-18-4-8-22-64(58)69)43-61(67)62-44-50(30-40-68(62)74)70(48-14-12-16-52(72)42-48)65-23-9-5-19-59(65)60-20-6-10-24-66(60)70/h3-44H,1-2H3. The van der Waals surface area contributed by atoms with Crippen LogP contribution in [-0.2, 0) is 10.8 Å². The van der Waals surface area contributed by atoms with E-state index < -0.39 is 10.8 Å². The van der Waals surface area contributed by atoms with Gasteiger partial charge in [0.15, 0.2) is 0 Å². The zero-order valence-electron chi connectivity index (χ0n) is 40.9. The maximum atomic E-state index is 3.92. The van der Waals surface area contributed by atoms with Gasteiger partial charge in [-0.25, -0.2) is 0 Å². The molecule has 0 atom stereocenters. The van der Waals surface area contributed by atoms with E-state index in [1.165, 1.54) is 88.7 Å². The van der Waals surface area contributed by atoms with E-state index >= 15 is 0 Å². The highest BCUT2D eigenvalue weighted by Crippen LogP contribution is 2.59. The Balaban J connectivity index is 1.05. The Bertz CT molecular complexity index is 3850. The van der Waals surface area contributed by atoms with Crippen LogP contribution in [0.15, 0.2) is 264 Å². The van der Waals surface area contributed by atoms with Gasteiger partial charge in [-0.3, -0.25) is 0 Å². The van der Waals surface area contributed by atoms with Gasteiger partial charge in [0, 0.05) is 42.5 Å². The van der Waals surface area contributed by atoms with Crippen molar-refractivity contribution in [3.63, 3.8) is 0 Å². The first-order valence-electron chi connectivity index (χ1n) is 25.4. The summed E-state index contributed by atoms with van der Waals surface area (Å²) in [6.07, 6.45) is 0. The van der Waals surface area contributed by atoms with E-state index in [0.29, 0.717) is 0 Å². The van der Waals surface area contributed by atoms with E-state index in [-0.39, 0.29) is 0 Å². The second-order valence-corrected chi connectivity index (χ2v) is 21.9. The number of hydrogen-bond acceptors (Lipinski definition) is 1. The predicted octanol–water partition coefficient (Wildman–Crippen LogP) is 19.1. The average Bonchev–Trinajstić information content (AvgIpc) is 4.05. The zero-order valence-corrected chi connectivity index (χ0v) is 44.1. The minimum absolute atomic E-state index is 0.588. The monoisotopic (exact) mass is 1070 g/mol. The fourth-order valence-corrected chi connectivity index (χ4v) is 13.6. The molecule has 11 aromatic carbocycles. The molecule has 2 aliphatic carbocycles. The molecule has 352 valence electrons. The fourth-order valence-electron chi connectivity index (χ4n) is 12.8. The average molecular weight is 1080 g/mol. The molecule has 0 saturated carbocycles. The quantitative estimate of drug-likeness (QED) is 0.147. The number of fused-ring (bicyclic) bond motifs is 9. The molecular weight excluding hydrogens is 1030 g/mol. The van der Waals surface area contributed by atoms with Gasteiger partial charge in [0.25, 0.3) is 0 Å². The second-order valence-electron chi connectivity index (χ2n) is 20.0. The van der Waals surface area contributed by atoms with Gasteiger partial charge in [-0.1, -0.05) is 201 Å². The Morgan fingerprint density at radius 2 is 0.662 bits per heavy atom. The lowest BCUT2D eigenvalue weighted by Crippen LogP contribution is -2.28. The van der Waals surface area contributed by atoms with E-state index in [1.807, 2.05) is 0 Å². The fraction of sp³-hybridized carbons (Fsp3) is 0.0571. The van der Waals surface area contributed by atoms with Gasteiger partial charge in [0.2, 0.25) is 0 Å². The first kappa shape index (κ1) is 44.7. The molecule has 14 rings (SSSR count). The maximum absolute atomic E-state index is 3.92. The third-order valence-electron chi connectivity index (χ3n) is 16.0. The van der Waals surface area contributed by atoms with Crippen LogP contribution in [0.5, 0.6) is 0 Å². The number of hydrogen-bond donors (Lipinski definition) is 0. The summed E-state index contributed by atoms with van der Waals surface area (Å²) in [6.45, 7) is 4.29. The summed E-state index contributed by atoms with van der Waals surface area (Å²) >= 11 is 7.83. The topological polar surface area (TPSA) is 8.17 Å². The van der Waals surface area contributed by atoms with Crippen LogP contribution in [0.4, 0.5) is 17.1 Å². The van der Waals surface area contributed by atoms with Gasteiger partial charge in [-0.15, -0.1) is 0 Å². The summed E-state index contributed by atoms with van der Waals surface area (Å²) < 4.78 is 4.59. The van der Waals surface area contributed by atoms with Crippen molar-refractivity contribution >= 4 is 70.7 Å². The molecule has 0 N–H and O–H groups in total. The number of halogens is 2. The van der Waals surface area contributed by atoms with E-state index in [1.54, 1.807) is 0 Å². The molecule has 12 aromatic rings. The van der Waals surface area contributed by atoms with Gasteiger partial charge in [-0.05, 0) is 178 Å². The Morgan fingerprint density at radius 1 is 0.324 bits per heavy atom. The predicted molar refractivity (Wildman–Crippen MR) is 315 cm³/mol. The van der Waals surface area contributed by atoms with Crippen molar-refractivity contribution in [2.24, 2.45) is 0 Å². The number of aryl methyl sites for hydroxylation is 2. The number of nitrogens with zero attached hydrogens (tertiary/aromatic N) is 2. The van der Waals surface area contributed by atoms with Crippen LogP contribution in [0, 0.1) is 13.8 Å². The van der Waals surface area contributed by atoms with Crippen LogP contribution < -0.4 is 4.90 Å². The minimum atomic E-state index is -0.588. The number of benzene rings is 11. The van der Waals surface area contributed by atoms with E-state index in [9.17, 15) is 0 Å². The van der Waals surface area contributed by atoms with Crippen LogP contribution >= 0.6 is 31.9 Å². The molecule has 4 heteroatoms. The highest BCUT2D eigenvalue weighted by Gasteiger charge is 2.48. The highest BCUT2D eigenvalue weighted by molar-refractivity contribution is 9.10. The lowest BCUT2D eigenvalue weighted by Gasteiger charge is -2.34. The molecule has 0 fully saturated rings. The van der Waals surface area contributed by atoms with Crippen molar-refractivity contribution < 1.29 is 0 Å². The summed E-state index contributed by atoms with van der Waals surface area (Å²) in [6, 6.07) is 95.4. The zero-order chi connectivity index (χ0) is 49.7. The Hall–Kier alpha value is -8.02. The largest absolute Gasteiger partial charge is 0.311 e. The van der Waals surface area contributed by atoms with Gasteiger partial charge in [0.1, 0.15) is 0 Å². The summed E-state index contributed by atoms with van der Waals surface area (Å²) in [7, 11) is 0. The van der Waals surface area contributed by atoms with Gasteiger partial charge >= 0.3 is 0 Å². The smallest absolute Gasteiger partial charge is 0.0714 e.